The van der Waals surface area contributed by atoms with Crippen molar-refractivity contribution in [3.8, 4) is 0 Å². The minimum absolute atomic E-state index is 0.149. The highest BCUT2D eigenvalue weighted by atomic mass is 32.2. The average molecular weight is 651 g/mol. The fraction of sp³-hybridized carbons (Fsp3) is 0.0833. The van der Waals surface area contributed by atoms with E-state index < -0.39 is 32.1 Å². The van der Waals surface area contributed by atoms with Gasteiger partial charge in [-0.15, -0.1) is 0 Å². The van der Waals surface area contributed by atoms with Gasteiger partial charge >= 0.3 is 12.1 Å². The number of thiocarbonyl (C=S) groups is 2. The van der Waals surface area contributed by atoms with E-state index in [4.69, 9.17) is 24.4 Å². The number of amides is 4. The molecule has 14 nitrogen and oxygen atoms in total. The van der Waals surface area contributed by atoms with E-state index in [0.717, 1.165) is 0 Å². The van der Waals surface area contributed by atoms with Crippen molar-refractivity contribution in [2.45, 2.75) is 9.79 Å². The third kappa shape index (κ3) is 9.26. The van der Waals surface area contributed by atoms with E-state index in [9.17, 15) is 26.4 Å². The topological polar surface area (TPSA) is 199 Å². The third-order valence-electron chi connectivity index (χ3n) is 5.15. The number of carbonyl (C=O) groups excluding carboxylic acids is 2. The highest BCUT2D eigenvalue weighted by molar-refractivity contribution is 7.90. The lowest BCUT2D eigenvalue weighted by atomic mass is 10.3. The summed E-state index contributed by atoms with van der Waals surface area (Å²) in [6.07, 6.45) is 0. The van der Waals surface area contributed by atoms with Crippen LogP contribution in [0.4, 0.5) is 32.3 Å². The number of benzene rings is 3. The van der Waals surface area contributed by atoms with Gasteiger partial charge in [0.05, 0.1) is 9.79 Å². The molecule has 0 radical (unpaired) electrons. The molecule has 42 heavy (non-hydrogen) atoms. The second kappa shape index (κ2) is 13.9. The number of hydrogen-bond donors (Lipinski definition) is 8. The lowest BCUT2D eigenvalue weighted by Crippen LogP contribution is -2.34. The Morgan fingerprint density at radius 1 is 0.500 bits per heavy atom. The van der Waals surface area contributed by atoms with Gasteiger partial charge in [-0.2, -0.15) is 0 Å². The molecule has 0 saturated heterocycles. The molecule has 8 N–H and O–H groups in total. The van der Waals surface area contributed by atoms with Crippen LogP contribution in [-0.2, 0) is 20.0 Å². The molecule has 0 bridgehead atoms. The van der Waals surface area contributed by atoms with Gasteiger partial charge in [-0.25, -0.2) is 35.9 Å². The fourth-order valence-electron chi connectivity index (χ4n) is 3.13. The van der Waals surface area contributed by atoms with Crippen LogP contribution in [0, 0.1) is 0 Å². The van der Waals surface area contributed by atoms with Crippen LogP contribution in [-0.4, -0.2) is 53.2 Å². The molecular formula is C24H26N8O6S4. The summed E-state index contributed by atoms with van der Waals surface area (Å²) in [6, 6.07) is 14.6. The van der Waals surface area contributed by atoms with Crippen molar-refractivity contribution >= 4 is 89.5 Å². The Balaban J connectivity index is 1.54. The van der Waals surface area contributed by atoms with Gasteiger partial charge in [0.25, 0.3) is 20.0 Å². The Morgan fingerprint density at radius 3 is 1.05 bits per heavy atom. The third-order valence-corrected chi connectivity index (χ3v) is 8.46. The van der Waals surface area contributed by atoms with Crippen LogP contribution in [0.15, 0.2) is 82.6 Å². The number of anilines is 4. The Bertz CT molecular complexity index is 1550. The first-order valence-corrected chi connectivity index (χ1v) is 15.5. The molecule has 0 aromatic heterocycles. The smallest absolute Gasteiger partial charge is 0.333 e. The summed E-state index contributed by atoms with van der Waals surface area (Å²) >= 11 is 9.97. The predicted molar refractivity (Wildman–Crippen MR) is 169 cm³/mol. The monoisotopic (exact) mass is 650 g/mol. The van der Waals surface area contributed by atoms with Crippen molar-refractivity contribution in [1.82, 2.24) is 20.1 Å². The fourth-order valence-corrected chi connectivity index (χ4v) is 5.18. The molecule has 0 heterocycles. The second-order valence-corrected chi connectivity index (χ2v) is 12.3. The molecule has 0 spiro atoms. The summed E-state index contributed by atoms with van der Waals surface area (Å²) in [7, 11) is -5.09. The molecule has 0 saturated carbocycles. The molecule has 0 unspecified atom stereocenters. The standard InChI is InChI=1S/C24H26N8O6S4/c1-25-23(39)29-17-7-11-19(12-8-17)41(35,36)31-21(33)27-15-3-5-16(6-4-15)28-22(34)32-42(37,38)20-13-9-18(10-14-20)30-24(40)26-2/h3-14H,1-2H3,(H2,25,29,39)(H2,26,30,40)(H2,27,31,33)(H2,28,32,34). The number of nitrogens with one attached hydrogen (secondary N) is 8. The minimum Gasteiger partial charge on any atom is -0.366 e. The van der Waals surface area contributed by atoms with Crippen LogP contribution in [0.25, 0.3) is 0 Å². The van der Waals surface area contributed by atoms with Crippen LogP contribution >= 0.6 is 24.4 Å². The van der Waals surface area contributed by atoms with E-state index in [-0.39, 0.29) is 21.2 Å². The molecule has 4 amide bonds. The van der Waals surface area contributed by atoms with Gasteiger partial charge in [-0.05, 0) is 97.2 Å². The first kappa shape index (κ1) is 32.0. The van der Waals surface area contributed by atoms with Crippen LogP contribution in [0.2, 0.25) is 0 Å². The van der Waals surface area contributed by atoms with Gasteiger partial charge in [0.1, 0.15) is 0 Å². The lowest BCUT2D eigenvalue weighted by molar-refractivity contribution is 0.255. The summed E-state index contributed by atoms with van der Waals surface area (Å²) in [5.74, 6) is 0. The SMILES string of the molecule is CNC(=S)Nc1ccc(S(=O)(=O)NC(=O)Nc2ccc(NC(=O)NS(=O)(=O)c3ccc(NC(=S)NC)cc3)cc2)cc1. The maximum Gasteiger partial charge on any atom is 0.333 e. The van der Waals surface area contributed by atoms with Gasteiger partial charge in [-0.3, -0.25) is 0 Å². The molecule has 0 fully saturated rings. The van der Waals surface area contributed by atoms with Gasteiger partial charge in [-0.1, -0.05) is 0 Å². The molecule has 0 atom stereocenters. The lowest BCUT2D eigenvalue weighted by Gasteiger charge is -2.12. The van der Waals surface area contributed by atoms with E-state index >= 15 is 0 Å². The van der Waals surface area contributed by atoms with Crippen LogP contribution in [0.1, 0.15) is 0 Å². The molecule has 3 aromatic rings. The highest BCUT2D eigenvalue weighted by Crippen LogP contribution is 2.17. The van der Waals surface area contributed by atoms with Crippen molar-refractivity contribution in [2.24, 2.45) is 0 Å². The first-order valence-electron chi connectivity index (χ1n) is 11.8. The summed E-state index contributed by atoms with van der Waals surface area (Å²) < 4.78 is 54.0. The summed E-state index contributed by atoms with van der Waals surface area (Å²) in [5.41, 5.74) is 1.51. The first-order chi connectivity index (χ1) is 19.8. The number of sulfonamides is 2. The molecule has 3 aromatic carbocycles. The zero-order valence-corrected chi connectivity index (χ0v) is 25.3. The molecule has 3 rings (SSSR count). The van der Waals surface area contributed by atoms with Crippen LogP contribution in [0.3, 0.4) is 0 Å². The van der Waals surface area contributed by atoms with E-state index in [1.807, 2.05) is 9.44 Å². The molecule has 0 aliphatic carbocycles. The Hall–Kier alpha value is -4.52. The zero-order valence-electron chi connectivity index (χ0n) is 22.0. The van der Waals surface area contributed by atoms with Crippen molar-refractivity contribution < 1.29 is 26.4 Å². The van der Waals surface area contributed by atoms with Gasteiger partial charge < -0.3 is 31.9 Å². The van der Waals surface area contributed by atoms with Gasteiger partial charge in [0.15, 0.2) is 10.2 Å². The van der Waals surface area contributed by atoms with Crippen molar-refractivity contribution in [3.05, 3.63) is 72.8 Å². The molecule has 222 valence electrons. The van der Waals surface area contributed by atoms with E-state index in [1.165, 1.54) is 72.8 Å². The molecule has 18 heteroatoms. The summed E-state index contributed by atoms with van der Waals surface area (Å²) in [5, 5.41) is 16.6. The molecule has 0 aliphatic heterocycles. The maximum atomic E-state index is 12.5. The highest BCUT2D eigenvalue weighted by Gasteiger charge is 2.19. The van der Waals surface area contributed by atoms with E-state index in [0.29, 0.717) is 21.6 Å². The van der Waals surface area contributed by atoms with E-state index in [1.54, 1.807) is 14.1 Å². The van der Waals surface area contributed by atoms with Gasteiger partial charge in [0, 0.05) is 36.8 Å². The van der Waals surface area contributed by atoms with Crippen LogP contribution < -0.4 is 41.3 Å². The van der Waals surface area contributed by atoms with Crippen molar-refractivity contribution in [2.75, 3.05) is 35.4 Å². The van der Waals surface area contributed by atoms with Crippen molar-refractivity contribution in [1.29, 1.82) is 0 Å². The summed E-state index contributed by atoms with van der Waals surface area (Å²) in [4.78, 5) is 24.3. The van der Waals surface area contributed by atoms with Crippen molar-refractivity contribution in [3.63, 3.8) is 0 Å². The number of hydrogen-bond acceptors (Lipinski definition) is 8. The van der Waals surface area contributed by atoms with Crippen LogP contribution in [0.5, 0.6) is 0 Å². The summed E-state index contributed by atoms with van der Waals surface area (Å²) in [6.45, 7) is 0. The maximum absolute atomic E-state index is 12.5. The number of urea groups is 2. The zero-order chi connectivity index (χ0) is 30.9. The number of carbonyl (C=O) groups is 2. The Labute approximate surface area is 253 Å². The number of rotatable bonds is 8. The quantitative estimate of drug-likeness (QED) is 0.166. The second-order valence-electron chi connectivity index (χ2n) is 8.15. The van der Waals surface area contributed by atoms with E-state index in [2.05, 4.69) is 31.9 Å². The molecule has 0 aliphatic rings. The largest absolute Gasteiger partial charge is 0.366 e. The Morgan fingerprint density at radius 2 is 0.762 bits per heavy atom. The predicted octanol–water partition coefficient (Wildman–Crippen LogP) is 2.54. The average Bonchev–Trinajstić information content (AvgIpc) is 2.94. The van der Waals surface area contributed by atoms with Gasteiger partial charge in [0.2, 0.25) is 0 Å². The Kier molecular flexibility index (Phi) is 10.6. The molecular weight excluding hydrogens is 625 g/mol. The minimum atomic E-state index is -4.18. The normalized spacial score (nSPS) is 10.9.